The SMILES string of the molecule is CCCOc1c(C)cccc1C(=O)NC1(C(=O)OC)CCc2cc(Br)ccc2C1. The molecule has 1 aliphatic carbocycles. The van der Waals surface area contributed by atoms with Crippen LogP contribution in [0, 0.1) is 6.92 Å². The van der Waals surface area contributed by atoms with E-state index in [0.29, 0.717) is 37.2 Å². The number of aryl methyl sites for hydroxylation is 2. The van der Waals surface area contributed by atoms with Crippen LogP contribution < -0.4 is 10.1 Å². The quantitative estimate of drug-likeness (QED) is 0.651. The molecule has 1 unspecified atom stereocenters. The molecule has 5 nitrogen and oxygen atoms in total. The summed E-state index contributed by atoms with van der Waals surface area (Å²) >= 11 is 3.49. The highest BCUT2D eigenvalue weighted by atomic mass is 79.9. The van der Waals surface area contributed by atoms with Gasteiger partial charge in [-0.25, -0.2) is 4.79 Å². The monoisotopic (exact) mass is 459 g/mol. The lowest BCUT2D eigenvalue weighted by Gasteiger charge is -2.36. The van der Waals surface area contributed by atoms with E-state index >= 15 is 0 Å². The summed E-state index contributed by atoms with van der Waals surface area (Å²) in [5.74, 6) is -0.194. The first-order chi connectivity index (χ1) is 13.9. The summed E-state index contributed by atoms with van der Waals surface area (Å²) in [5.41, 5.74) is 2.44. The molecule has 0 aromatic heterocycles. The summed E-state index contributed by atoms with van der Waals surface area (Å²) < 4.78 is 11.9. The van der Waals surface area contributed by atoms with E-state index in [0.717, 1.165) is 22.0 Å². The van der Waals surface area contributed by atoms with Gasteiger partial charge >= 0.3 is 5.97 Å². The van der Waals surface area contributed by atoms with E-state index in [-0.39, 0.29) is 5.91 Å². The summed E-state index contributed by atoms with van der Waals surface area (Å²) in [6.07, 6.45) is 2.39. The van der Waals surface area contributed by atoms with E-state index in [9.17, 15) is 9.59 Å². The molecule has 0 bridgehead atoms. The highest BCUT2D eigenvalue weighted by Gasteiger charge is 2.44. The summed E-state index contributed by atoms with van der Waals surface area (Å²) in [4.78, 5) is 26.0. The lowest BCUT2D eigenvalue weighted by atomic mass is 9.77. The Morgan fingerprint density at radius 1 is 1.21 bits per heavy atom. The van der Waals surface area contributed by atoms with Gasteiger partial charge in [-0.15, -0.1) is 0 Å². The number of amides is 1. The van der Waals surface area contributed by atoms with Crippen LogP contribution in [0.2, 0.25) is 0 Å². The van der Waals surface area contributed by atoms with E-state index in [1.807, 2.05) is 38.1 Å². The predicted molar refractivity (Wildman–Crippen MR) is 115 cm³/mol. The number of fused-ring (bicyclic) bond motifs is 1. The van der Waals surface area contributed by atoms with Gasteiger partial charge in [0.05, 0.1) is 19.3 Å². The predicted octanol–water partition coefficient (Wildman–Crippen LogP) is 4.38. The number of esters is 1. The van der Waals surface area contributed by atoms with E-state index in [1.165, 1.54) is 12.7 Å². The van der Waals surface area contributed by atoms with Gasteiger partial charge < -0.3 is 14.8 Å². The largest absolute Gasteiger partial charge is 0.492 e. The molecular weight excluding hydrogens is 434 g/mol. The molecule has 1 N–H and O–H groups in total. The number of hydrogen-bond donors (Lipinski definition) is 1. The highest BCUT2D eigenvalue weighted by Crippen LogP contribution is 2.33. The van der Waals surface area contributed by atoms with E-state index in [2.05, 4.69) is 27.3 Å². The minimum absolute atomic E-state index is 0.328. The van der Waals surface area contributed by atoms with Crippen LogP contribution in [0.1, 0.15) is 46.8 Å². The fraction of sp³-hybridized carbons (Fsp3) is 0.391. The van der Waals surface area contributed by atoms with Crippen LogP contribution in [0.4, 0.5) is 0 Å². The number of benzene rings is 2. The molecule has 0 fully saturated rings. The first-order valence-electron chi connectivity index (χ1n) is 9.81. The minimum atomic E-state index is -1.10. The first-order valence-corrected chi connectivity index (χ1v) is 10.6. The standard InChI is InChI=1S/C23H26BrNO4/c1-4-12-29-20-15(2)6-5-7-19(20)21(26)25-23(22(27)28-3)11-10-16-13-18(24)9-8-17(16)14-23/h5-9,13H,4,10-12,14H2,1-3H3,(H,25,26). The lowest BCUT2D eigenvalue weighted by molar-refractivity contribution is -0.148. The van der Waals surface area contributed by atoms with Crippen LogP contribution in [0.15, 0.2) is 40.9 Å². The van der Waals surface area contributed by atoms with Gasteiger partial charge in [0.1, 0.15) is 11.3 Å². The molecule has 0 aliphatic heterocycles. The molecule has 0 spiro atoms. The molecule has 29 heavy (non-hydrogen) atoms. The Bertz CT molecular complexity index is 927. The Morgan fingerprint density at radius 2 is 2.00 bits per heavy atom. The van der Waals surface area contributed by atoms with Crippen LogP contribution in [0.5, 0.6) is 5.75 Å². The molecule has 2 aromatic carbocycles. The average molecular weight is 460 g/mol. The van der Waals surface area contributed by atoms with Gasteiger partial charge in [0.2, 0.25) is 0 Å². The number of methoxy groups -OCH3 is 1. The summed E-state index contributed by atoms with van der Waals surface area (Å²) in [5, 5.41) is 2.99. The third kappa shape index (κ3) is 4.47. The van der Waals surface area contributed by atoms with Gasteiger partial charge in [0.25, 0.3) is 5.91 Å². The Balaban J connectivity index is 1.93. The number of carbonyl (C=O) groups excluding carboxylic acids is 2. The molecule has 2 aromatic rings. The lowest BCUT2D eigenvalue weighted by Crippen LogP contribution is -2.58. The van der Waals surface area contributed by atoms with Crippen LogP contribution in [-0.2, 0) is 22.4 Å². The van der Waals surface area contributed by atoms with Gasteiger partial charge in [-0.2, -0.15) is 0 Å². The van der Waals surface area contributed by atoms with Gasteiger partial charge in [-0.05, 0) is 61.1 Å². The van der Waals surface area contributed by atoms with Crippen molar-refractivity contribution in [1.29, 1.82) is 0 Å². The molecule has 0 heterocycles. The van der Waals surface area contributed by atoms with Crippen molar-refractivity contribution < 1.29 is 19.1 Å². The second kappa shape index (κ2) is 8.99. The number of para-hydroxylation sites is 1. The Kier molecular flexibility index (Phi) is 6.63. The van der Waals surface area contributed by atoms with Gasteiger partial charge in [0, 0.05) is 10.9 Å². The molecule has 0 radical (unpaired) electrons. The molecule has 6 heteroatoms. The molecule has 1 amide bonds. The number of rotatable bonds is 6. The number of carbonyl (C=O) groups is 2. The summed E-state index contributed by atoms with van der Waals surface area (Å²) in [6, 6.07) is 11.5. The van der Waals surface area contributed by atoms with Gasteiger partial charge in [-0.3, -0.25) is 4.79 Å². The maximum absolute atomic E-state index is 13.2. The van der Waals surface area contributed by atoms with Gasteiger partial charge in [-0.1, -0.05) is 41.1 Å². The van der Waals surface area contributed by atoms with Crippen LogP contribution in [0.3, 0.4) is 0 Å². The third-order valence-corrected chi connectivity index (χ3v) is 5.81. The maximum Gasteiger partial charge on any atom is 0.331 e. The molecule has 3 rings (SSSR count). The summed E-state index contributed by atoms with van der Waals surface area (Å²) in [7, 11) is 1.36. The van der Waals surface area contributed by atoms with E-state index in [4.69, 9.17) is 9.47 Å². The Hall–Kier alpha value is -2.34. The van der Waals surface area contributed by atoms with Crippen molar-refractivity contribution in [3.8, 4) is 5.75 Å². The molecule has 1 aliphatic rings. The highest BCUT2D eigenvalue weighted by molar-refractivity contribution is 9.10. The average Bonchev–Trinajstić information content (AvgIpc) is 2.72. The molecule has 154 valence electrons. The van der Waals surface area contributed by atoms with Crippen molar-refractivity contribution in [1.82, 2.24) is 5.32 Å². The van der Waals surface area contributed by atoms with E-state index < -0.39 is 11.5 Å². The second-order valence-electron chi connectivity index (χ2n) is 7.42. The molecule has 0 saturated heterocycles. The Morgan fingerprint density at radius 3 is 2.72 bits per heavy atom. The van der Waals surface area contributed by atoms with Gasteiger partial charge in [0.15, 0.2) is 0 Å². The van der Waals surface area contributed by atoms with Crippen LogP contribution in [0.25, 0.3) is 0 Å². The normalized spacial score (nSPS) is 17.9. The van der Waals surface area contributed by atoms with Crippen molar-refractivity contribution in [2.24, 2.45) is 0 Å². The molecule has 1 atom stereocenters. The van der Waals surface area contributed by atoms with E-state index in [1.54, 1.807) is 6.07 Å². The number of ether oxygens (including phenoxy) is 2. The zero-order valence-corrected chi connectivity index (χ0v) is 18.6. The zero-order valence-electron chi connectivity index (χ0n) is 17.0. The van der Waals surface area contributed by atoms with Crippen molar-refractivity contribution in [3.63, 3.8) is 0 Å². The zero-order chi connectivity index (χ0) is 21.0. The number of hydrogen-bond acceptors (Lipinski definition) is 4. The maximum atomic E-state index is 13.2. The fourth-order valence-electron chi connectivity index (χ4n) is 3.80. The second-order valence-corrected chi connectivity index (χ2v) is 8.33. The first kappa shape index (κ1) is 21.4. The topological polar surface area (TPSA) is 64.6 Å². The summed E-state index contributed by atoms with van der Waals surface area (Å²) in [6.45, 7) is 4.45. The van der Waals surface area contributed by atoms with Crippen molar-refractivity contribution in [2.45, 2.75) is 45.1 Å². The molecular formula is C23H26BrNO4. The van der Waals surface area contributed by atoms with Crippen LogP contribution in [-0.4, -0.2) is 31.1 Å². The molecule has 0 saturated carbocycles. The van der Waals surface area contributed by atoms with Crippen molar-refractivity contribution in [2.75, 3.05) is 13.7 Å². The fourth-order valence-corrected chi connectivity index (χ4v) is 4.21. The number of halogens is 1. The van der Waals surface area contributed by atoms with Crippen LogP contribution >= 0.6 is 15.9 Å². The smallest absolute Gasteiger partial charge is 0.331 e. The number of nitrogens with one attached hydrogen (secondary N) is 1. The van der Waals surface area contributed by atoms with Crippen molar-refractivity contribution >= 4 is 27.8 Å². The minimum Gasteiger partial charge on any atom is -0.492 e. The van der Waals surface area contributed by atoms with Crippen molar-refractivity contribution in [3.05, 3.63) is 63.1 Å². The third-order valence-electron chi connectivity index (χ3n) is 5.32. The Labute approximate surface area is 179 Å².